The number of aryl methyl sites for hydroxylation is 1. The van der Waals surface area contributed by atoms with Crippen LogP contribution < -0.4 is 14.4 Å². The third kappa shape index (κ3) is 6.49. The first-order valence-corrected chi connectivity index (χ1v) is 11.4. The Morgan fingerprint density at radius 3 is 2.34 bits per heavy atom. The van der Waals surface area contributed by atoms with Gasteiger partial charge in [0.15, 0.2) is 0 Å². The summed E-state index contributed by atoms with van der Waals surface area (Å²) in [6.07, 6.45) is 1.84. The molecule has 6 nitrogen and oxygen atoms in total. The number of rotatable bonds is 9. The number of benzene rings is 2. The Morgan fingerprint density at radius 2 is 1.79 bits per heavy atom. The lowest BCUT2D eigenvalue weighted by Gasteiger charge is -2.26. The zero-order chi connectivity index (χ0) is 21.6. The maximum atomic E-state index is 12.9. The predicted octanol–water partition coefficient (Wildman–Crippen LogP) is 3.67. The third-order valence-electron chi connectivity index (χ3n) is 4.53. The minimum atomic E-state index is -3.69. The molecule has 2 rings (SSSR count). The van der Waals surface area contributed by atoms with Crippen molar-refractivity contribution in [2.45, 2.75) is 33.2 Å². The van der Waals surface area contributed by atoms with Crippen LogP contribution in [-0.2, 0) is 14.8 Å². The average Bonchev–Trinajstić information content (AvgIpc) is 2.65. The molecular weight excluding hydrogens is 388 g/mol. The molecular formula is C22H30N2O4S. The second-order valence-corrected chi connectivity index (χ2v) is 9.51. The topological polar surface area (TPSA) is 75.7 Å². The van der Waals surface area contributed by atoms with Crippen LogP contribution in [-0.4, -0.2) is 34.2 Å². The second kappa shape index (κ2) is 9.78. The van der Waals surface area contributed by atoms with Crippen molar-refractivity contribution in [3.05, 3.63) is 59.7 Å². The van der Waals surface area contributed by atoms with Crippen molar-refractivity contribution >= 4 is 21.6 Å². The lowest BCUT2D eigenvalue weighted by molar-refractivity contribution is -0.120. The highest BCUT2D eigenvalue weighted by Gasteiger charge is 2.25. The van der Waals surface area contributed by atoms with E-state index >= 15 is 0 Å². The molecule has 0 spiro atoms. The Morgan fingerprint density at radius 1 is 1.14 bits per heavy atom. The number of nitrogens with one attached hydrogen (secondary N) is 1. The van der Waals surface area contributed by atoms with Crippen LogP contribution in [0.3, 0.4) is 0 Å². The number of sulfonamides is 1. The Bertz CT molecular complexity index is 927. The van der Waals surface area contributed by atoms with E-state index in [0.29, 0.717) is 17.4 Å². The molecule has 0 aromatic heterocycles. The van der Waals surface area contributed by atoms with Crippen LogP contribution in [0.25, 0.3) is 0 Å². The third-order valence-corrected chi connectivity index (χ3v) is 5.66. The summed E-state index contributed by atoms with van der Waals surface area (Å²) in [7, 11) is -2.22. The van der Waals surface area contributed by atoms with Crippen LogP contribution in [0.5, 0.6) is 5.75 Å². The van der Waals surface area contributed by atoms with Gasteiger partial charge >= 0.3 is 0 Å². The van der Waals surface area contributed by atoms with E-state index in [1.165, 1.54) is 7.11 Å². The van der Waals surface area contributed by atoms with Crippen molar-refractivity contribution in [1.82, 2.24) is 5.32 Å². The molecule has 1 amide bonds. The normalized spacial score (nSPS) is 12.5. The van der Waals surface area contributed by atoms with E-state index in [0.717, 1.165) is 28.1 Å². The number of amides is 1. The Kier molecular flexibility index (Phi) is 7.67. The molecule has 1 atom stereocenters. The van der Waals surface area contributed by atoms with Gasteiger partial charge in [-0.3, -0.25) is 9.10 Å². The van der Waals surface area contributed by atoms with Gasteiger partial charge < -0.3 is 10.1 Å². The highest BCUT2D eigenvalue weighted by atomic mass is 32.2. The number of hydrogen-bond donors (Lipinski definition) is 1. The highest BCUT2D eigenvalue weighted by Crippen LogP contribution is 2.31. The van der Waals surface area contributed by atoms with E-state index in [1.54, 1.807) is 12.1 Å². The molecule has 0 saturated carbocycles. The van der Waals surface area contributed by atoms with Gasteiger partial charge in [0.05, 0.1) is 25.1 Å². The van der Waals surface area contributed by atoms with Gasteiger partial charge in [0.2, 0.25) is 15.9 Å². The largest absolute Gasteiger partial charge is 0.495 e. The summed E-state index contributed by atoms with van der Waals surface area (Å²) >= 11 is 0. The number of carbonyl (C=O) groups excluding carboxylic acids is 1. The molecule has 0 heterocycles. The quantitative estimate of drug-likeness (QED) is 0.674. The lowest BCUT2D eigenvalue weighted by atomic mass is 9.97. The first-order chi connectivity index (χ1) is 13.6. The van der Waals surface area contributed by atoms with Crippen LogP contribution in [0.15, 0.2) is 48.5 Å². The number of anilines is 1. The van der Waals surface area contributed by atoms with E-state index in [2.05, 4.69) is 19.2 Å². The maximum Gasteiger partial charge on any atom is 0.241 e. The van der Waals surface area contributed by atoms with Crippen LogP contribution >= 0.6 is 0 Å². The van der Waals surface area contributed by atoms with Gasteiger partial charge in [-0.1, -0.05) is 50.2 Å². The molecule has 2 aromatic rings. The minimum absolute atomic E-state index is 0.190. The number of ether oxygens (including phenoxy) is 1. The van der Waals surface area contributed by atoms with Crippen LogP contribution in [0.2, 0.25) is 0 Å². The Balaban J connectivity index is 2.29. The fourth-order valence-electron chi connectivity index (χ4n) is 3.18. The molecule has 0 unspecified atom stereocenters. The van der Waals surface area contributed by atoms with Gasteiger partial charge in [0.25, 0.3) is 0 Å². The smallest absolute Gasteiger partial charge is 0.241 e. The standard InChI is InChI=1S/C22H30N2O4S/c1-16(2)13-19(18-9-7-6-8-10-18)23-22(25)15-24(29(5,26)27)20-14-17(3)11-12-21(20)28-4/h6-12,14,16,19H,13,15H2,1-5H3,(H,23,25)/t19-/m1/s1. The summed E-state index contributed by atoms with van der Waals surface area (Å²) in [4.78, 5) is 12.9. The molecule has 0 saturated heterocycles. The van der Waals surface area contributed by atoms with Gasteiger partial charge in [-0.15, -0.1) is 0 Å². The summed E-state index contributed by atoms with van der Waals surface area (Å²) in [5.74, 6) is 0.396. The molecule has 0 aliphatic carbocycles. The molecule has 0 bridgehead atoms. The van der Waals surface area contributed by atoms with E-state index in [9.17, 15) is 13.2 Å². The Labute approximate surface area is 173 Å². The van der Waals surface area contributed by atoms with E-state index in [-0.39, 0.29) is 18.5 Å². The van der Waals surface area contributed by atoms with Gasteiger partial charge in [-0.05, 0) is 42.5 Å². The monoisotopic (exact) mass is 418 g/mol. The minimum Gasteiger partial charge on any atom is -0.495 e. The van der Waals surface area contributed by atoms with Crippen molar-refractivity contribution in [2.75, 3.05) is 24.2 Å². The molecule has 158 valence electrons. The lowest BCUT2D eigenvalue weighted by Crippen LogP contribution is -2.42. The zero-order valence-electron chi connectivity index (χ0n) is 17.7. The Hall–Kier alpha value is -2.54. The molecule has 0 aliphatic rings. The van der Waals surface area contributed by atoms with Crippen LogP contribution in [0.4, 0.5) is 5.69 Å². The number of methoxy groups -OCH3 is 1. The van der Waals surface area contributed by atoms with Crippen molar-refractivity contribution in [2.24, 2.45) is 5.92 Å². The van der Waals surface area contributed by atoms with Crippen LogP contribution in [0.1, 0.15) is 37.4 Å². The molecule has 0 fully saturated rings. The van der Waals surface area contributed by atoms with Crippen LogP contribution in [0, 0.1) is 12.8 Å². The fraction of sp³-hybridized carbons (Fsp3) is 0.409. The molecule has 7 heteroatoms. The molecule has 0 radical (unpaired) electrons. The van der Waals surface area contributed by atoms with Gasteiger partial charge in [-0.25, -0.2) is 8.42 Å². The van der Waals surface area contributed by atoms with Gasteiger partial charge in [0.1, 0.15) is 12.3 Å². The van der Waals surface area contributed by atoms with Crippen molar-refractivity contribution in [3.63, 3.8) is 0 Å². The van der Waals surface area contributed by atoms with Crippen molar-refractivity contribution in [3.8, 4) is 5.75 Å². The molecule has 29 heavy (non-hydrogen) atoms. The highest BCUT2D eigenvalue weighted by molar-refractivity contribution is 7.92. The summed E-state index contributed by atoms with van der Waals surface area (Å²) in [5.41, 5.74) is 2.22. The van der Waals surface area contributed by atoms with Crippen molar-refractivity contribution < 1.29 is 17.9 Å². The summed E-state index contributed by atoms with van der Waals surface area (Å²) in [6, 6.07) is 14.7. The second-order valence-electron chi connectivity index (χ2n) is 7.61. The summed E-state index contributed by atoms with van der Waals surface area (Å²) in [5, 5.41) is 3.00. The van der Waals surface area contributed by atoms with E-state index in [1.807, 2.05) is 43.3 Å². The molecule has 2 aromatic carbocycles. The number of nitrogens with zero attached hydrogens (tertiary/aromatic N) is 1. The first kappa shape index (κ1) is 22.7. The van der Waals surface area contributed by atoms with Crippen molar-refractivity contribution in [1.29, 1.82) is 0 Å². The fourth-order valence-corrected chi connectivity index (χ4v) is 4.03. The van der Waals surface area contributed by atoms with E-state index < -0.39 is 10.0 Å². The molecule has 1 N–H and O–H groups in total. The zero-order valence-corrected chi connectivity index (χ0v) is 18.5. The number of carbonyl (C=O) groups is 1. The summed E-state index contributed by atoms with van der Waals surface area (Å²) in [6.45, 7) is 5.71. The maximum absolute atomic E-state index is 12.9. The van der Waals surface area contributed by atoms with Gasteiger partial charge in [0, 0.05) is 0 Å². The number of hydrogen-bond acceptors (Lipinski definition) is 4. The SMILES string of the molecule is COc1ccc(C)cc1N(CC(=O)N[C@H](CC(C)C)c1ccccc1)S(C)(=O)=O. The average molecular weight is 419 g/mol. The van der Waals surface area contributed by atoms with E-state index in [4.69, 9.17) is 4.74 Å². The first-order valence-electron chi connectivity index (χ1n) is 9.58. The molecule has 0 aliphatic heterocycles. The summed E-state index contributed by atoms with van der Waals surface area (Å²) < 4.78 is 31.4. The van der Waals surface area contributed by atoms with Gasteiger partial charge in [-0.2, -0.15) is 0 Å². The predicted molar refractivity (Wildman–Crippen MR) is 117 cm³/mol.